The first-order valence-electron chi connectivity index (χ1n) is 7.09. The van der Waals surface area contributed by atoms with Gasteiger partial charge in [0, 0.05) is 19.0 Å². The van der Waals surface area contributed by atoms with Gasteiger partial charge in [0.15, 0.2) is 0 Å². The van der Waals surface area contributed by atoms with Crippen LogP contribution in [0.2, 0.25) is 0 Å². The van der Waals surface area contributed by atoms with Crippen LogP contribution >= 0.6 is 0 Å². The Bertz CT molecular complexity index is 335. The molecule has 1 aromatic rings. The second-order valence-electron chi connectivity index (χ2n) is 5.83. The number of hydrogen-bond acceptors (Lipinski definition) is 3. The Labute approximate surface area is 111 Å². The number of rotatable bonds is 7. The molecule has 2 N–H and O–H groups in total. The van der Waals surface area contributed by atoms with E-state index in [1.165, 1.54) is 0 Å². The fourth-order valence-corrected chi connectivity index (χ4v) is 2.95. The van der Waals surface area contributed by atoms with Crippen molar-refractivity contribution < 1.29 is 0 Å². The van der Waals surface area contributed by atoms with Crippen molar-refractivity contribution in [1.29, 1.82) is 0 Å². The molecule has 0 aromatic carbocycles. The van der Waals surface area contributed by atoms with Crippen molar-refractivity contribution in [2.24, 2.45) is 23.5 Å². The minimum atomic E-state index is 0.157. The van der Waals surface area contributed by atoms with Gasteiger partial charge in [-0.15, -0.1) is 0 Å². The Balaban J connectivity index is 2.73. The first-order chi connectivity index (χ1) is 8.47. The van der Waals surface area contributed by atoms with Gasteiger partial charge >= 0.3 is 0 Å². The van der Waals surface area contributed by atoms with E-state index in [-0.39, 0.29) is 6.04 Å². The Hall–Kier alpha value is -0.900. The molecule has 18 heavy (non-hydrogen) atoms. The summed E-state index contributed by atoms with van der Waals surface area (Å²) in [6.45, 7) is 12.1. The van der Waals surface area contributed by atoms with E-state index in [1.807, 2.05) is 4.68 Å². The van der Waals surface area contributed by atoms with Gasteiger partial charge in [0.25, 0.3) is 0 Å². The predicted molar refractivity (Wildman–Crippen MR) is 75.2 cm³/mol. The summed E-state index contributed by atoms with van der Waals surface area (Å²) in [5.41, 5.74) is 6.39. The Morgan fingerprint density at radius 2 is 1.83 bits per heavy atom. The molecule has 104 valence electrons. The number of aryl methyl sites for hydroxylation is 1. The quantitative estimate of drug-likeness (QED) is 0.811. The number of nitrogens with zero attached hydrogens (tertiary/aromatic N) is 3. The fraction of sp³-hybridized carbons (Fsp3) is 0.857. The summed E-state index contributed by atoms with van der Waals surface area (Å²) >= 11 is 0. The maximum atomic E-state index is 6.39. The smallest absolute Gasteiger partial charge is 0.138 e. The van der Waals surface area contributed by atoms with Crippen molar-refractivity contribution >= 4 is 0 Å². The highest BCUT2D eigenvalue weighted by molar-refractivity contribution is 4.92. The number of nitrogens with two attached hydrogens (primary N) is 1. The molecule has 0 saturated carbocycles. The van der Waals surface area contributed by atoms with Gasteiger partial charge in [0.05, 0.1) is 0 Å². The lowest BCUT2D eigenvalue weighted by Crippen LogP contribution is -2.39. The van der Waals surface area contributed by atoms with Gasteiger partial charge in [-0.2, -0.15) is 5.10 Å². The Morgan fingerprint density at radius 3 is 2.33 bits per heavy atom. The van der Waals surface area contributed by atoms with Crippen LogP contribution < -0.4 is 5.73 Å². The van der Waals surface area contributed by atoms with Gasteiger partial charge in [-0.05, 0) is 24.2 Å². The second-order valence-corrected chi connectivity index (χ2v) is 5.83. The third-order valence-corrected chi connectivity index (χ3v) is 3.58. The highest BCUT2D eigenvalue weighted by Crippen LogP contribution is 2.24. The van der Waals surface area contributed by atoms with Crippen molar-refractivity contribution in [2.45, 2.75) is 60.0 Å². The van der Waals surface area contributed by atoms with Gasteiger partial charge in [0.2, 0.25) is 0 Å². The zero-order valence-electron chi connectivity index (χ0n) is 12.4. The van der Waals surface area contributed by atoms with Gasteiger partial charge in [-0.1, -0.05) is 34.6 Å². The van der Waals surface area contributed by atoms with E-state index in [2.05, 4.69) is 44.7 Å². The molecule has 1 rings (SSSR count). The number of aromatic nitrogens is 3. The molecule has 1 heterocycles. The predicted octanol–water partition coefficient (Wildman–Crippen LogP) is 2.49. The van der Waals surface area contributed by atoms with Gasteiger partial charge < -0.3 is 5.73 Å². The molecule has 0 amide bonds. The SMILES string of the molecule is CCCn1ncnc1CC(N)C(C(C)C)C(C)C. The van der Waals surface area contributed by atoms with Crippen molar-refractivity contribution in [3.8, 4) is 0 Å². The minimum absolute atomic E-state index is 0.157. The van der Waals surface area contributed by atoms with Gasteiger partial charge in [-0.25, -0.2) is 4.98 Å². The first-order valence-corrected chi connectivity index (χ1v) is 7.09. The van der Waals surface area contributed by atoms with E-state index in [0.29, 0.717) is 17.8 Å². The molecule has 0 aliphatic carbocycles. The highest BCUT2D eigenvalue weighted by atomic mass is 15.3. The summed E-state index contributed by atoms with van der Waals surface area (Å²) in [7, 11) is 0. The minimum Gasteiger partial charge on any atom is -0.327 e. The normalized spacial score (nSPS) is 13.8. The maximum absolute atomic E-state index is 6.39. The maximum Gasteiger partial charge on any atom is 0.138 e. The molecule has 1 unspecified atom stereocenters. The molecular formula is C14H28N4. The van der Waals surface area contributed by atoms with Gasteiger partial charge in [0.1, 0.15) is 12.2 Å². The lowest BCUT2D eigenvalue weighted by molar-refractivity contribution is 0.233. The standard InChI is InChI=1S/C14H28N4/c1-6-7-18-13(16-9-17-18)8-12(15)14(10(2)3)11(4)5/h9-12,14H,6-8,15H2,1-5H3. The van der Waals surface area contributed by atoms with Crippen molar-refractivity contribution in [1.82, 2.24) is 14.8 Å². The van der Waals surface area contributed by atoms with Gasteiger partial charge in [-0.3, -0.25) is 4.68 Å². The van der Waals surface area contributed by atoms with Crippen LogP contribution in [0.3, 0.4) is 0 Å². The molecule has 0 aliphatic rings. The molecule has 1 atom stereocenters. The van der Waals surface area contributed by atoms with Crippen LogP contribution in [0, 0.1) is 17.8 Å². The van der Waals surface area contributed by atoms with Crippen LogP contribution in [-0.2, 0) is 13.0 Å². The van der Waals surface area contributed by atoms with E-state index in [4.69, 9.17) is 5.73 Å². The van der Waals surface area contributed by atoms with Crippen LogP contribution in [0.25, 0.3) is 0 Å². The van der Waals surface area contributed by atoms with Crippen LogP contribution in [0.15, 0.2) is 6.33 Å². The molecule has 1 aromatic heterocycles. The second kappa shape index (κ2) is 6.88. The van der Waals surface area contributed by atoms with Crippen molar-refractivity contribution in [3.63, 3.8) is 0 Å². The van der Waals surface area contributed by atoms with E-state index in [9.17, 15) is 0 Å². The summed E-state index contributed by atoms with van der Waals surface area (Å²) < 4.78 is 1.98. The average molecular weight is 252 g/mol. The average Bonchev–Trinajstić information content (AvgIpc) is 2.65. The summed E-state index contributed by atoms with van der Waals surface area (Å²) in [6.07, 6.45) is 3.53. The summed E-state index contributed by atoms with van der Waals surface area (Å²) in [5.74, 6) is 2.75. The summed E-state index contributed by atoms with van der Waals surface area (Å²) in [6, 6.07) is 0.157. The van der Waals surface area contributed by atoms with Crippen LogP contribution in [0.4, 0.5) is 0 Å². The molecule has 0 spiro atoms. The topological polar surface area (TPSA) is 56.7 Å². The summed E-state index contributed by atoms with van der Waals surface area (Å²) in [5, 5.41) is 4.26. The lowest BCUT2D eigenvalue weighted by Gasteiger charge is -2.30. The molecule has 0 radical (unpaired) electrons. The fourth-order valence-electron chi connectivity index (χ4n) is 2.95. The van der Waals surface area contributed by atoms with Crippen LogP contribution in [-0.4, -0.2) is 20.8 Å². The largest absolute Gasteiger partial charge is 0.327 e. The third kappa shape index (κ3) is 3.80. The van der Waals surface area contributed by atoms with Crippen LogP contribution in [0.5, 0.6) is 0 Å². The molecule has 0 bridgehead atoms. The molecule has 0 fully saturated rings. The lowest BCUT2D eigenvalue weighted by atomic mass is 9.79. The van der Waals surface area contributed by atoms with Crippen molar-refractivity contribution in [2.75, 3.05) is 0 Å². The third-order valence-electron chi connectivity index (χ3n) is 3.58. The van der Waals surface area contributed by atoms with Crippen LogP contribution in [0.1, 0.15) is 46.9 Å². The zero-order chi connectivity index (χ0) is 13.7. The molecular weight excluding hydrogens is 224 g/mol. The first kappa shape index (κ1) is 15.2. The van der Waals surface area contributed by atoms with E-state index in [0.717, 1.165) is 25.2 Å². The molecule has 4 nitrogen and oxygen atoms in total. The highest BCUT2D eigenvalue weighted by Gasteiger charge is 2.25. The molecule has 0 aliphatic heterocycles. The number of hydrogen-bond donors (Lipinski definition) is 1. The van der Waals surface area contributed by atoms with E-state index >= 15 is 0 Å². The van der Waals surface area contributed by atoms with E-state index < -0.39 is 0 Å². The zero-order valence-corrected chi connectivity index (χ0v) is 12.4. The summed E-state index contributed by atoms with van der Waals surface area (Å²) in [4.78, 5) is 4.35. The Morgan fingerprint density at radius 1 is 1.22 bits per heavy atom. The van der Waals surface area contributed by atoms with Crippen molar-refractivity contribution in [3.05, 3.63) is 12.2 Å². The Kier molecular flexibility index (Phi) is 5.79. The van der Waals surface area contributed by atoms with E-state index in [1.54, 1.807) is 6.33 Å². The monoisotopic (exact) mass is 252 g/mol. The molecule has 0 saturated heterocycles. The molecule has 4 heteroatoms.